The van der Waals surface area contributed by atoms with Crippen LogP contribution in [0.2, 0.25) is 0 Å². The van der Waals surface area contributed by atoms with Gasteiger partial charge in [-0.1, -0.05) is 18.2 Å². The average molecular weight is 426 g/mol. The lowest BCUT2D eigenvalue weighted by molar-refractivity contribution is -0.121. The van der Waals surface area contributed by atoms with E-state index in [4.69, 9.17) is 9.47 Å². The molecule has 2 N–H and O–H groups in total. The molecule has 1 aromatic heterocycles. The second kappa shape index (κ2) is 11.1. The Morgan fingerprint density at radius 2 is 2.06 bits per heavy atom. The number of amides is 1. The Bertz CT molecular complexity index is 979. The maximum atomic E-state index is 13.3. The zero-order valence-corrected chi connectivity index (χ0v) is 17.7. The van der Waals surface area contributed by atoms with E-state index in [-0.39, 0.29) is 18.3 Å². The summed E-state index contributed by atoms with van der Waals surface area (Å²) >= 11 is 0. The Morgan fingerprint density at radius 3 is 2.77 bits per heavy atom. The van der Waals surface area contributed by atoms with Crippen molar-refractivity contribution < 1.29 is 18.7 Å². The first-order valence-electron chi connectivity index (χ1n) is 10.0. The molecule has 0 bridgehead atoms. The number of H-pyrrole nitrogens is 1. The third-order valence-corrected chi connectivity index (χ3v) is 4.82. The highest BCUT2D eigenvalue weighted by molar-refractivity contribution is 5.77. The van der Waals surface area contributed by atoms with Gasteiger partial charge < -0.3 is 19.8 Å². The highest BCUT2D eigenvalue weighted by atomic mass is 19.1. The molecule has 0 spiro atoms. The van der Waals surface area contributed by atoms with E-state index >= 15 is 0 Å². The number of rotatable bonds is 11. The molecule has 0 saturated heterocycles. The first-order valence-corrected chi connectivity index (χ1v) is 10.0. The minimum Gasteiger partial charge on any atom is -0.493 e. The molecule has 164 valence electrons. The molecule has 1 amide bonds. The van der Waals surface area contributed by atoms with Gasteiger partial charge in [-0.2, -0.15) is 0 Å². The van der Waals surface area contributed by atoms with Crippen molar-refractivity contribution in [2.24, 2.45) is 0 Å². The van der Waals surface area contributed by atoms with Crippen molar-refractivity contribution in [2.75, 3.05) is 27.2 Å². The van der Waals surface area contributed by atoms with E-state index in [1.165, 1.54) is 12.1 Å². The topological polar surface area (TPSA) is 79.5 Å². The molecule has 1 heterocycles. The number of likely N-dealkylation sites (N-methyl/N-ethyl adjacent to an activating group) is 1. The molecule has 0 saturated carbocycles. The molecule has 3 aromatic rings. The Labute approximate surface area is 181 Å². The number of hydrogen-bond donors (Lipinski definition) is 2. The van der Waals surface area contributed by atoms with Crippen molar-refractivity contribution in [3.05, 3.63) is 77.6 Å². The summed E-state index contributed by atoms with van der Waals surface area (Å²) in [5.74, 6) is 0.869. The van der Waals surface area contributed by atoms with Gasteiger partial charge in [0.25, 0.3) is 0 Å². The van der Waals surface area contributed by atoms with Crippen molar-refractivity contribution in [2.45, 2.75) is 19.6 Å². The number of nitrogens with one attached hydrogen (secondary N) is 2. The summed E-state index contributed by atoms with van der Waals surface area (Å²) in [4.78, 5) is 21.0. The molecule has 31 heavy (non-hydrogen) atoms. The number of carbonyl (C=O) groups is 1. The molecular formula is C23H27FN4O3. The summed E-state index contributed by atoms with van der Waals surface area (Å²) in [6.07, 6.45) is 4.11. The molecule has 0 atom stereocenters. The minimum absolute atomic E-state index is 0.0433. The first-order chi connectivity index (χ1) is 15.1. The Balaban J connectivity index is 1.62. The van der Waals surface area contributed by atoms with Gasteiger partial charge in [0.05, 0.1) is 20.0 Å². The van der Waals surface area contributed by atoms with Gasteiger partial charge in [0.15, 0.2) is 11.5 Å². The van der Waals surface area contributed by atoms with Gasteiger partial charge in [-0.15, -0.1) is 0 Å². The summed E-state index contributed by atoms with van der Waals surface area (Å²) < 4.78 is 24.7. The molecule has 7 nitrogen and oxygen atoms in total. The number of imidazole rings is 1. The largest absolute Gasteiger partial charge is 0.493 e. The van der Waals surface area contributed by atoms with E-state index in [1.807, 2.05) is 29.2 Å². The minimum atomic E-state index is -0.292. The summed E-state index contributed by atoms with van der Waals surface area (Å²) in [5, 5.41) is 2.66. The number of hydrogen-bond acceptors (Lipinski definition) is 5. The maximum absolute atomic E-state index is 13.3. The first kappa shape index (κ1) is 22.3. The number of aromatic amines is 1. The van der Waals surface area contributed by atoms with Crippen molar-refractivity contribution in [1.82, 2.24) is 20.2 Å². The predicted molar refractivity (Wildman–Crippen MR) is 115 cm³/mol. The van der Waals surface area contributed by atoms with Crippen LogP contribution in [0.5, 0.6) is 11.5 Å². The van der Waals surface area contributed by atoms with Crippen LogP contribution >= 0.6 is 0 Å². The maximum Gasteiger partial charge on any atom is 0.233 e. The highest BCUT2D eigenvalue weighted by Crippen LogP contribution is 2.29. The predicted octanol–water partition coefficient (Wildman–Crippen LogP) is 2.93. The average Bonchev–Trinajstić information content (AvgIpc) is 3.29. The van der Waals surface area contributed by atoms with E-state index < -0.39 is 0 Å². The van der Waals surface area contributed by atoms with Crippen molar-refractivity contribution >= 4 is 5.91 Å². The lowest BCUT2D eigenvalue weighted by Gasteiger charge is -2.21. The van der Waals surface area contributed by atoms with Crippen LogP contribution in [0.4, 0.5) is 4.39 Å². The molecule has 0 unspecified atom stereocenters. The van der Waals surface area contributed by atoms with Gasteiger partial charge in [0.1, 0.15) is 12.4 Å². The number of carbonyl (C=O) groups excluding carboxylic acids is 1. The fourth-order valence-corrected chi connectivity index (χ4v) is 3.17. The van der Waals surface area contributed by atoms with Crippen LogP contribution in [0.3, 0.4) is 0 Å². The molecule has 0 radical (unpaired) electrons. The second-order valence-electron chi connectivity index (χ2n) is 7.11. The third-order valence-electron chi connectivity index (χ3n) is 4.82. The number of benzene rings is 2. The zero-order valence-electron chi connectivity index (χ0n) is 17.7. The van der Waals surface area contributed by atoms with Crippen LogP contribution in [0.25, 0.3) is 0 Å². The van der Waals surface area contributed by atoms with Gasteiger partial charge in [-0.05, 0) is 41.8 Å². The Morgan fingerprint density at radius 1 is 1.19 bits per heavy atom. The van der Waals surface area contributed by atoms with E-state index in [0.29, 0.717) is 31.1 Å². The van der Waals surface area contributed by atoms with Gasteiger partial charge in [0.2, 0.25) is 5.91 Å². The molecule has 0 aliphatic carbocycles. The monoisotopic (exact) mass is 426 g/mol. The molecule has 3 rings (SSSR count). The summed E-state index contributed by atoms with van der Waals surface area (Å²) in [5.41, 5.74) is 2.75. The van der Waals surface area contributed by atoms with Crippen LogP contribution in [0.1, 0.15) is 16.8 Å². The molecular weight excluding hydrogens is 399 g/mol. The van der Waals surface area contributed by atoms with Gasteiger partial charge in [-0.25, -0.2) is 9.37 Å². The SMILES string of the molecule is CNC(=O)CN(CCc1ccc(OCc2cccc(F)c2)c(OC)c1)Cc1cnc[nH]1. The van der Waals surface area contributed by atoms with Crippen LogP contribution in [-0.4, -0.2) is 48.0 Å². The molecule has 0 aliphatic heterocycles. The summed E-state index contributed by atoms with van der Waals surface area (Å²) in [7, 11) is 3.22. The number of methoxy groups -OCH3 is 1. The number of nitrogens with zero attached hydrogens (tertiary/aromatic N) is 2. The number of aromatic nitrogens is 2. The molecule has 2 aromatic carbocycles. The smallest absolute Gasteiger partial charge is 0.233 e. The van der Waals surface area contributed by atoms with Crippen molar-refractivity contribution in [3.63, 3.8) is 0 Å². The van der Waals surface area contributed by atoms with Crippen LogP contribution in [0.15, 0.2) is 55.0 Å². The van der Waals surface area contributed by atoms with Crippen molar-refractivity contribution in [1.29, 1.82) is 0 Å². The lowest BCUT2D eigenvalue weighted by Crippen LogP contribution is -2.36. The number of halogens is 1. The van der Waals surface area contributed by atoms with E-state index in [1.54, 1.807) is 32.7 Å². The second-order valence-corrected chi connectivity index (χ2v) is 7.11. The zero-order chi connectivity index (χ0) is 22.1. The Hall–Kier alpha value is -3.39. The third kappa shape index (κ3) is 6.82. The van der Waals surface area contributed by atoms with E-state index in [0.717, 1.165) is 23.2 Å². The number of ether oxygens (including phenoxy) is 2. The Kier molecular flexibility index (Phi) is 8.00. The fourth-order valence-electron chi connectivity index (χ4n) is 3.17. The van der Waals surface area contributed by atoms with Gasteiger partial charge >= 0.3 is 0 Å². The van der Waals surface area contributed by atoms with Crippen LogP contribution < -0.4 is 14.8 Å². The highest BCUT2D eigenvalue weighted by Gasteiger charge is 2.13. The fraction of sp³-hybridized carbons (Fsp3) is 0.304. The molecule has 0 fully saturated rings. The summed E-state index contributed by atoms with van der Waals surface area (Å²) in [6, 6.07) is 12.1. The lowest BCUT2D eigenvalue weighted by atomic mass is 10.1. The molecule has 0 aliphatic rings. The quantitative estimate of drug-likeness (QED) is 0.493. The van der Waals surface area contributed by atoms with Crippen LogP contribution in [-0.2, 0) is 24.4 Å². The molecule has 8 heteroatoms. The normalized spacial score (nSPS) is 10.8. The van der Waals surface area contributed by atoms with Crippen LogP contribution in [0, 0.1) is 5.82 Å². The van der Waals surface area contributed by atoms with Gasteiger partial charge in [0, 0.05) is 32.0 Å². The van der Waals surface area contributed by atoms with E-state index in [9.17, 15) is 9.18 Å². The standard InChI is InChI=1S/C23H27FN4O3/c1-25-23(29)14-28(13-20-12-26-16-27-20)9-8-17-6-7-21(22(11-17)30-2)31-15-18-4-3-5-19(24)10-18/h3-7,10-12,16H,8-9,13-15H2,1-2H3,(H,25,29)(H,26,27). The van der Waals surface area contributed by atoms with Crippen molar-refractivity contribution in [3.8, 4) is 11.5 Å². The summed E-state index contributed by atoms with van der Waals surface area (Å²) in [6.45, 7) is 1.82. The van der Waals surface area contributed by atoms with E-state index in [2.05, 4.69) is 15.3 Å². The van der Waals surface area contributed by atoms with Gasteiger partial charge in [-0.3, -0.25) is 9.69 Å².